The smallest absolute Gasteiger partial charge is 0.226 e. The van der Waals surface area contributed by atoms with Gasteiger partial charge in [-0.05, 0) is 44.9 Å². The van der Waals surface area contributed by atoms with E-state index in [-0.39, 0.29) is 5.91 Å². The van der Waals surface area contributed by atoms with E-state index in [1.807, 2.05) is 0 Å². The van der Waals surface area contributed by atoms with E-state index < -0.39 is 0 Å². The van der Waals surface area contributed by atoms with E-state index in [1.54, 1.807) is 0 Å². The normalized spacial score (nSPS) is 30.2. The third kappa shape index (κ3) is 3.57. The maximum absolute atomic E-state index is 12.2. The molecule has 2 heterocycles. The van der Waals surface area contributed by atoms with E-state index >= 15 is 0 Å². The van der Waals surface area contributed by atoms with Crippen molar-refractivity contribution in [2.75, 3.05) is 6.61 Å². The van der Waals surface area contributed by atoms with Crippen molar-refractivity contribution in [2.45, 2.75) is 75.9 Å². The van der Waals surface area contributed by atoms with E-state index in [0.29, 0.717) is 42.7 Å². The molecule has 1 aliphatic heterocycles. The fourth-order valence-electron chi connectivity index (χ4n) is 3.91. The van der Waals surface area contributed by atoms with Crippen LogP contribution >= 0.6 is 0 Å². The number of aryl methyl sites for hydroxylation is 1. The minimum absolute atomic E-state index is 0.143. The van der Waals surface area contributed by atoms with Crippen molar-refractivity contribution in [3.63, 3.8) is 0 Å². The molecule has 4 rings (SSSR count). The molecule has 23 heavy (non-hydrogen) atoms. The second-order valence-electron chi connectivity index (χ2n) is 7.14. The lowest BCUT2D eigenvalue weighted by molar-refractivity contribution is -0.122. The quantitative estimate of drug-likeness (QED) is 0.871. The van der Waals surface area contributed by atoms with Crippen LogP contribution in [0.4, 0.5) is 0 Å². The molecular formula is C17H25N3O3. The number of carbonyl (C=O) groups is 1. The Balaban J connectivity index is 1.20. The van der Waals surface area contributed by atoms with Crippen molar-refractivity contribution in [3.8, 4) is 0 Å². The first kappa shape index (κ1) is 15.1. The summed E-state index contributed by atoms with van der Waals surface area (Å²) in [6, 6.07) is 0.300. The van der Waals surface area contributed by atoms with Gasteiger partial charge in [0.2, 0.25) is 11.8 Å². The number of aromatic nitrogens is 2. The van der Waals surface area contributed by atoms with Crippen molar-refractivity contribution in [1.29, 1.82) is 0 Å². The van der Waals surface area contributed by atoms with E-state index in [4.69, 9.17) is 9.26 Å². The van der Waals surface area contributed by atoms with Gasteiger partial charge in [0, 0.05) is 37.3 Å². The largest absolute Gasteiger partial charge is 0.378 e. The van der Waals surface area contributed by atoms with Crippen LogP contribution in [-0.2, 0) is 16.0 Å². The Kier molecular flexibility index (Phi) is 4.33. The number of carbonyl (C=O) groups excluding carboxylic acids is 1. The Morgan fingerprint density at radius 1 is 1.22 bits per heavy atom. The highest BCUT2D eigenvalue weighted by molar-refractivity contribution is 5.76. The molecule has 1 aromatic heterocycles. The van der Waals surface area contributed by atoms with Crippen molar-refractivity contribution in [3.05, 3.63) is 11.7 Å². The predicted molar refractivity (Wildman–Crippen MR) is 82.8 cm³/mol. The summed E-state index contributed by atoms with van der Waals surface area (Å²) in [5.74, 6) is 2.69. The molecule has 1 amide bonds. The number of hydrogen-bond acceptors (Lipinski definition) is 5. The molecule has 126 valence electrons. The molecule has 3 aliphatic rings. The molecule has 1 N–H and O–H groups in total. The van der Waals surface area contributed by atoms with E-state index in [9.17, 15) is 4.79 Å². The summed E-state index contributed by atoms with van der Waals surface area (Å²) in [4.78, 5) is 16.6. The summed E-state index contributed by atoms with van der Waals surface area (Å²) in [6.45, 7) is 0.849. The first-order valence-corrected chi connectivity index (χ1v) is 9.03. The molecule has 0 unspecified atom stereocenters. The number of rotatable bonds is 6. The first-order chi connectivity index (χ1) is 11.3. The molecule has 3 fully saturated rings. The Morgan fingerprint density at radius 2 is 2.13 bits per heavy atom. The average Bonchev–Trinajstić information content (AvgIpc) is 3.09. The lowest BCUT2D eigenvalue weighted by Crippen LogP contribution is -2.45. The number of hydrogen-bond donors (Lipinski definition) is 1. The molecule has 1 saturated heterocycles. The minimum Gasteiger partial charge on any atom is -0.378 e. The number of fused-ring (bicyclic) bond motifs is 1. The Labute approximate surface area is 136 Å². The molecule has 6 nitrogen and oxygen atoms in total. The third-order valence-electron chi connectivity index (χ3n) is 5.35. The van der Waals surface area contributed by atoms with Crippen molar-refractivity contribution in [1.82, 2.24) is 15.5 Å². The molecule has 0 spiro atoms. The van der Waals surface area contributed by atoms with Crippen LogP contribution in [-0.4, -0.2) is 34.8 Å². The van der Waals surface area contributed by atoms with Gasteiger partial charge in [-0.15, -0.1) is 0 Å². The lowest BCUT2D eigenvalue weighted by Gasteiger charge is -2.33. The fourth-order valence-corrected chi connectivity index (χ4v) is 3.91. The standard InChI is InChI=1S/C17H25N3O3/c21-15(18-13-3-1-4-14-12(13)9-10-22-14)5-2-6-16-19-17(20-23-16)11-7-8-11/h11-14H,1-10H2,(H,18,21)/t12-,13-,14+/m1/s1. The van der Waals surface area contributed by atoms with Crippen LogP contribution in [0.3, 0.4) is 0 Å². The molecular weight excluding hydrogens is 294 g/mol. The molecule has 2 saturated carbocycles. The first-order valence-electron chi connectivity index (χ1n) is 9.03. The van der Waals surface area contributed by atoms with Gasteiger partial charge >= 0.3 is 0 Å². The van der Waals surface area contributed by atoms with Gasteiger partial charge in [-0.2, -0.15) is 4.98 Å². The van der Waals surface area contributed by atoms with Gasteiger partial charge in [-0.1, -0.05) is 5.16 Å². The Hall–Kier alpha value is -1.43. The van der Waals surface area contributed by atoms with Gasteiger partial charge in [0.05, 0.1) is 6.10 Å². The van der Waals surface area contributed by atoms with Crippen LogP contribution in [0, 0.1) is 5.92 Å². The summed E-state index contributed by atoms with van der Waals surface area (Å²) in [7, 11) is 0. The van der Waals surface area contributed by atoms with Crippen molar-refractivity contribution < 1.29 is 14.1 Å². The molecule has 3 atom stereocenters. The van der Waals surface area contributed by atoms with Gasteiger partial charge in [0.15, 0.2) is 5.82 Å². The maximum atomic E-state index is 12.2. The third-order valence-corrected chi connectivity index (χ3v) is 5.35. The molecule has 1 aromatic rings. The molecule has 0 bridgehead atoms. The van der Waals surface area contributed by atoms with Crippen LogP contribution in [0.1, 0.15) is 69.0 Å². The van der Waals surface area contributed by atoms with Crippen molar-refractivity contribution in [2.24, 2.45) is 5.92 Å². The topological polar surface area (TPSA) is 77.2 Å². The van der Waals surface area contributed by atoms with Crippen LogP contribution in [0.15, 0.2) is 4.52 Å². The van der Waals surface area contributed by atoms with Gasteiger partial charge < -0.3 is 14.6 Å². The number of amides is 1. The van der Waals surface area contributed by atoms with E-state index in [0.717, 1.165) is 44.5 Å². The summed E-state index contributed by atoms with van der Waals surface area (Å²) in [6.07, 6.45) is 9.16. The fraction of sp³-hybridized carbons (Fsp3) is 0.824. The van der Waals surface area contributed by atoms with Crippen LogP contribution in [0.25, 0.3) is 0 Å². The number of ether oxygens (including phenoxy) is 1. The van der Waals surface area contributed by atoms with E-state index in [2.05, 4.69) is 15.5 Å². The summed E-state index contributed by atoms with van der Waals surface area (Å²) < 4.78 is 11.0. The van der Waals surface area contributed by atoms with Gasteiger partial charge in [-0.3, -0.25) is 4.79 Å². The Morgan fingerprint density at radius 3 is 3.00 bits per heavy atom. The highest BCUT2D eigenvalue weighted by Crippen LogP contribution is 2.38. The van der Waals surface area contributed by atoms with E-state index in [1.165, 1.54) is 12.8 Å². The number of nitrogens with zero attached hydrogens (tertiary/aromatic N) is 2. The predicted octanol–water partition coefficient (Wildman–Crippen LogP) is 2.34. The number of nitrogens with one attached hydrogen (secondary N) is 1. The SMILES string of the molecule is O=C(CCCc1nc(C2CC2)no1)N[C@@H]1CCC[C@@H]2OCC[C@@H]21. The monoisotopic (exact) mass is 319 g/mol. The molecule has 0 radical (unpaired) electrons. The van der Waals surface area contributed by atoms with Crippen LogP contribution in [0.5, 0.6) is 0 Å². The van der Waals surface area contributed by atoms with Gasteiger partial charge in [0.1, 0.15) is 0 Å². The van der Waals surface area contributed by atoms with Crippen molar-refractivity contribution >= 4 is 5.91 Å². The maximum Gasteiger partial charge on any atom is 0.226 e. The van der Waals surface area contributed by atoms with Crippen LogP contribution < -0.4 is 5.32 Å². The molecule has 0 aromatic carbocycles. The zero-order valence-corrected chi connectivity index (χ0v) is 13.5. The highest BCUT2D eigenvalue weighted by atomic mass is 16.5. The summed E-state index contributed by atoms with van der Waals surface area (Å²) in [5, 5.41) is 7.23. The lowest BCUT2D eigenvalue weighted by atomic mass is 9.82. The van der Waals surface area contributed by atoms with Gasteiger partial charge in [-0.25, -0.2) is 0 Å². The average molecular weight is 319 g/mol. The zero-order valence-electron chi connectivity index (χ0n) is 13.5. The second-order valence-corrected chi connectivity index (χ2v) is 7.14. The Bertz CT molecular complexity index is 555. The molecule has 6 heteroatoms. The second kappa shape index (κ2) is 6.59. The van der Waals surface area contributed by atoms with Gasteiger partial charge in [0.25, 0.3) is 0 Å². The zero-order chi connectivity index (χ0) is 15.6. The molecule has 2 aliphatic carbocycles. The minimum atomic E-state index is 0.143. The summed E-state index contributed by atoms with van der Waals surface area (Å²) >= 11 is 0. The summed E-state index contributed by atoms with van der Waals surface area (Å²) in [5.41, 5.74) is 0. The highest BCUT2D eigenvalue weighted by Gasteiger charge is 2.38. The van der Waals surface area contributed by atoms with Crippen LogP contribution in [0.2, 0.25) is 0 Å².